The number of fused-ring (bicyclic) bond motifs is 8. The van der Waals surface area contributed by atoms with Crippen LogP contribution in [0.3, 0.4) is 0 Å². The van der Waals surface area contributed by atoms with E-state index in [9.17, 15) is 0 Å². The monoisotopic (exact) mass is 653 g/mol. The molecule has 1 heteroatoms. The van der Waals surface area contributed by atoms with Crippen LogP contribution in [0.1, 0.15) is 49.9 Å². The van der Waals surface area contributed by atoms with Crippen molar-refractivity contribution in [2.45, 2.75) is 38.5 Å². The van der Waals surface area contributed by atoms with E-state index in [0.717, 1.165) is 5.69 Å². The van der Waals surface area contributed by atoms with Crippen molar-refractivity contribution in [3.63, 3.8) is 0 Å². The molecule has 0 fully saturated rings. The number of rotatable bonds is 4. The molecule has 0 unspecified atom stereocenters. The standard InChI is InChI=1S/C50H39N/c1-49(2)43-22-11-9-19-40(43)41-29-28-36(31-45(41)49)51(35-26-24-33(25-27-35)38-21-13-16-32-14-5-7-17-37(32)38)48-39-18-8-6-15-34(39)30-46-47(48)42-20-10-12-23-44(42)50(46,3)4/h5-31H,1-4H3. The molecule has 0 saturated carbocycles. The third-order valence-corrected chi connectivity index (χ3v) is 11.8. The quantitative estimate of drug-likeness (QED) is 0.183. The van der Waals surface area contributed by atoms with Gasteiger partial charge in [-0.3, -0.25) is 0 Å². The van der Waals surface area contributed by atoms with E-state index in [1.807, 2.05) is 0 Å². The first kappa shape index (κ1) is 29.9. The molecule has 0 N–H and O–H groups in total. The molecule has 51 heavy (non-hydrogen) atoms. The summed E-state index contributed by atoms with van der Waals surface area (Å²) in [4.78, 5) is 2.55. The molecular formula is C50H39N. The third-order valence-electron chi connectivity index (χ3n) is 11.8. The molecule has 0 saturated heterocycles. The lowest BCUT2D eigenvalue weighted by atomic mass is 9.81. The number of hydrogen-bond donors (Lipinski definition) is 0. The van der Waals surface area contributed by atoms with Gasteiger partial charge in [-0.2, -0.15) is 0 Å². The molecule has 0 aromatic heterocycles. The Kier molecular flexibility index (Phi) is 6.34. The molecule has 0 atom stereocenters. The topological polar surface area (TPSA) is 3.24 Å². The van der Waals surface area contributed by atoms with E-state index in [1.165, 1.54) is 88.6 Å². The number of hydrogen-bond acceptors (Lipinski definition) is 1. The lowest BCUT2D eigenvalue weighted by molar-refractivity contribution is 0.660. The highest BCUT2D eigenvalue weighted by molar-refractivity contribution is 6.10. The van der Waals surface area contributed by atoms with Crippen LogP contribution in [-0.2, 0) is 10.8 Å². The molecule has 8 aromatic carbocycles. The fraction of sp³-hybridized carbons (Fsp3) is 0.120. The van der Waals surface area contributed by atoms with Crippen LogP contribution in [0.2, 0.25) is 0 Å². The van der Waals surface area contributed by atoms with Gasteiger partial charge in [0, 0.05) is 33.2 Å². The van der Waals surface area contributed by atoms with E-state index in [4.69, 9.17) is 0 Å². The van der Waals surface area contributed by atoms with Gasteiger partial charge in [-0.05, 0) is 96.6 Å². The molecule has 0 bridgehead atoms. The summed E-state index contributed by atoms with van der Waals surface area (Å²) in [5.74, 6) is 0. The van der Waals surface area contributed by atoms with Gasteiger partial charge in [0.25, 0.3) is 0 Å². The largest absolute Gasteiger partial charge is 0.309 e. The van der Waals surface area contributed by atoms with Gasteiger partial charge in [0.1, 0.15) is 0 Å². The van der Waals surface area contributed by atoms with Crippen LogP contribution < -0.4 is 4.90 Å². The van der Waals surface area contributed by atoms with Gasteiger partial charge in [0.05, 0.1) is 5.69 Å². The summed E-state index contributed by atoms with van der Waals surface area (Å²) in [7, 11) is 0. The maximum Gasteiger partial charge on any atom is 0.0621 e. The number of anilines is 3. The molecule has 244 valence electrons. The van der Waals surface area contributed by atoms with E-state index in [0.29, 0.717) is 0 Å². The SMILES string of the molecule is CC1(C)c2ccccc2-c2ccc(N(c3ccc(-c4cccc5ccccc45)cc3)c3c4c(cc5ccccc35)C(C)(C)c3ccccc3-4)cc21. The van der Waals surface area contributed by atoms with Gasteiger partial charge < -0.3 is 4.90 Å². The fourth-order valence-corrected chi connectivity index (χ4v) is 9.22. The molecule has 0 aliphatic heterocycles. The van der Waals surface area contributed by atoms with Gasteiger partial charge in [0.2, 0.25) is 0 Å². The zero-order valence-electron chi connectivity index (χ0n) is 29.5. The minimum absolute atomic E-state index is 0.110. The summed E-state index contributed by atoms with van der Waals surface area (Å²) in [6, 6.07) is 61.1. The van der Waals surface area contributed by atoms with E-state index in [1.54, 1.807) is 0 Å². The normalized spacial score (nSPS) is 14.6. The lowest BCUT2D eigenvalue weighted by Crippen LogP contribution is -2.18. The van der Waals surface area contributed by atoms with E-state index in [2.05, 4.69) is 196 Å². The van der Waals surface area contributed by atoms with Crippen molar-refractivity contribution in [2.75, 3.05) is 4.90 Å². The highest BCUT2D eigenvalue weighted by atomic mass is 15.1. The molecule has 0 radical (unpaired) electrons. The molecule has 0 amide bonds. The molecule has 1 nitrogen and oxygen atoms in total. The first-order valence-corrected chi connectivity index (χ1v) is 18.1. The molecule has 0 heterocycles. The fourth-order valence-electron chi connectivity index (χ4n) is 9.22. The van der Waals surface area contributed by atoms with Crippen molar-refractivity contribution < 1.29 is 0 Å². The third kappa shape index (κ3) is 4.28. The highest BCUT2D eigenvalue weighted by Gasteiger charge is 2.40. The van der Waals surface area contributed by atoms with Crippen LogP contribution in [0, 0.1) is 0 Å². The Balaban J connectivity index is 1.25. The van der Waals surface area contributed by atoms with Crippen LogP contribution in [0.15, 0.2) is 164 Å². The van der Waals surface area contributed by atoms with Crippen LogP contribution in [0.5, 0.6) is 0 Å². The molecule has 8 aromatic rings. The first-order valence-electron chi connectivity index (χ1n) is 18.1. The second-order valence-electron chi connectivity index (χ2n) is 15.3. The minimum atomic E-state index is -0.129. The van der Waals surface area contributed by atoms with Crippen LogP contribution in [0.25, 0.3) is 54.9 Å². The molecule has 0 spiro atoms. The zero-order valence-corrected chi connectivity index (χ0v) is 29.5. The van der Waals surface area contributed by atoms with E-state index < -0.39 is 0 Å². The zero-order chi connectivity index (χ0) is 34.5. The summed E-state index contributed by atoms with van der Waals surface area (Å²) >= 11 is 0. The van der Waals surface area contributed by atoms with Gasteiger partial charge in [-0.25, -0.2) is 0 Å². The first-order chi connectivity index (χ1) is 24.8. The molecular weight excluding hydrogens is 615 g/mol. The second-order valence-corrected chi connectivity index (χ2v) is 15.3. The van der Waals surface area contributed by atoms with E-state index >= 15 is 0 Å². The highest BCUT2D eigenvalue weighted by Crippen LogP contribution is 2.57. The minimum Gasteiger partial charge on any atom is -0.309 e. The van der Waals surface area contributed by atoms with Gasteiger partial charge >= 0.3 is 0 Å². The van der Waals surface area contributed by atoms with E-state index in [-0.39, 0.29) is 10.8 Å². The Morgan fingerprint density at radius 3 is 1.71 bits per heavy atom. The van der Waals surface area contributed by atoms with Gasteiger partial charge in [-0.15, -0.1) is 0 Å². The van der Waals surface area contributed by atoms with Crippen molar-refractivity contribution in [1.29, 1.82) is 0 Å². The number of nitrogens with zero attached hydrogens (tertiary/aromatic N) is 1. The Bertz CT molecular complexity index is 2690. The predicted octanol–water partition coefficient (Wildman–Crippen LogP) is 13.7. The van der Waals surface area contributed by atoms with Crippen molar-refractivity contribution >= 4 is 38.6 Å². The van der Waals surface area contributed by atoms with Crippen molar-refractivity contribution in [3.05, 3.63) is 186 Å². The lowest BCUT2D eigenvalue weighted by Gasteiger charge is -2.32. The maximum absolute atomic E-state index is 2.55. The molecule has 2 aliphatic rings. The van der Waals surface area contributed by atoms with Crippen LogP contribution in [0.4, 0.5) is 17.1 Å². The maximum atomic E-state index is 2.55. The van der Waals surface area contributed by atoms with Crippen LogP contribution >= 0.6 is 0 Å². The molecule has 2 aliphatic carbocycles. The Hall–Kier alpha value is -5.92. The van der Waals surface area contributed by atoms with Gasteiger partial charge in [0.15, 0.2) is 0 Å². The number of benzene rings is 8. The Labute approximate surface area is 300 Å². The smallest absolute Gasteiger partial charge is 0.0621 e. The summed E-state index contributed by atoms with van der Waals surface area (Å²) in [5.41, 5.74) is 16.7. The Morgan fingerprint density at radius 1 is 0.373 bits per heavy atom. The van der Waals surface area contributed by atoms with Crippen molar-refractivity contribution in [1.82, 2.24) is 0 Å². The second kappa shape index (κ2) is 10.8. The summed E-state index contributed by atoms with van der Waals surface area (Å²) in [6.45, 7) is 9.52. The van der Waals surface area contributed by atoms with Crippen molar-refractivity contribution in [3.8, 4) is 33.4 Å². The summed E-state index contributed by atoms with van der Waals surface area (Å²) in [6.07, 6.45) is 0. The van der Waals surface area contributed by atoms with Crippen molar-refractivity contribution in [2.24, 2.45) is 0 Å². The van der Waals surface area contributed by atoms with Gasteiger partial charge in [-0.1, -0.05) is 161 Å². The average molecular weight is 654 g/mol. The predicted molar refractivity (Wildman–Crippen MR) is 217 cm³/mol. The summed E-state index contributed by atoms with van der Waals surface area (Å²) < 4.78 is 0. The molecule has 10 rings (SSSR count). The Morgan fingerprint density at radius 2 is 0.922 bits per heavy atom. The van der Waals surface area contributed by atoms with Crippen LogP contribution in [-0.4, -0.2) is 0 Å². The average Bonchev–Trinajstić information content (AvgIpc) is 3.54. The summed E-state index contributed by atoms with van der Waals surface area (Å²) in [5, 5.41) is 5.05.